The summed E-state index contributed by atoms with van der Waals surface area (Å²) in [5.41, 5.74) is 1.98. The van der Waals surface area contributed by atoms with Crippen LogP contribution in [0.2, 0.25) is 0 Å². The summed E-state index contributed by atoms with van der Waals surface area (Å²) in [6, 6.07) is 4.93. The van der Waals surface area contributed by atoms with Crippen LogP contribution < -0.4 is 0 Å². The molecule has 1 heterocycles. The Labute approximate surface area is 117 Å². The quantitative estimate of drug-likeness (QED) is 0.726. The third-order valence-corrected chi connectivity index (χ3v) is 4.10. The number of halogens is 3. The Balaban J connectivity index is 2.21. The average molecular weight is 335 g/mol. The van der Waals surface area contributed by atoms with Crippen LogP contribution in [0.5, 0.6) is 0 Å². The van der Waals surface area contributed by atoms with E-state index in [1.807, 2.05) is 5.38 Å². The van der Waals surface area contributed by atoms with E-state index < -0.39 is 0 Å². The summed E-state index contributed by atoms with van der Waals surface area (Å²) in [6.07, 6.45) is 1.82. The second kappa shape index (κ2) is 5.94. The number of alkyl halides is 1. The Bertz CT molecular complexity index is 515. The predicted molar refractivity (Wildman–Crippen MR) is 74.2 cm³/mol. The van der Waals surface area contributed by atoms with Gasteiger partial charge in [0.2, 0.25) is 0 Å². The zero-order chi connectivity index (χ0) is 12.3. The molecular weight excluding hydrogens is 325 g/mol. The van der Waals surface area contributed by atoms with Crippen LogP contribution in [-0.2, 0) is 6.42 Å². The average Bonchev–Trinajstić information content (AvgIpc) is 2.79. The molecule has 1 aromatic carbocycles. The fraction of sp³-hybridized carbons (Fsp3) is 0.250. The van der Waals surface area contributed by atoms with E-state index in [9.17, 15) is 4.39 Å². The van der Waals surface area contributed by atoms with Crippen molar-refractivity contribution >= 4 is 38.9 Å². The van der Waals surface area contributed by atoms with Crippen molar-refractivity contribution in [2.24, 2.45) is 0 Å². The second-order valence-corrected chi connectivity index (χ2v) is 5.66. The van der Waals surface area contributed by atoms with Gasteiger partial charge in [-0.05, 0) is 47.0 Å². The normalized spacial score (nSPS) is 10.8. The molecule has 0 bridgehead atoms. The van der Waals surface area contributed by atoms with Gasteiger partial charge in [0.15, 0.2) is 0 Å². The minimum absolute atomic E-state index is 0.257. The van der Waals surface area contributed by atoms with Crippen LogP contribution in [0.15, 0.2) is 28.1 Å². The number of aryl methyl sites for hydroxylation is 1. The van der Waals surface area contributed by atoms with Crippen LogP contribution in [0.3, 0.4) is 0 Å². The molecule has 0 aliphatic rings. The third kappa shape index (κ3) is 3.27. The lowest BCUT2D eigenvalue weighted by molar-refractivity contribution is 0.621. The van der Waals surface area contributed by atoms with Gasteiger partial charge in [-0.1, -0.05) is 0 Å². The van der Waals surface area contributed by atoms with Crippen molar-refractivity contribution in [3.63, 3.8) is 0 Å². The van der Waals surface area contributed by atoms with Crippen molar-refractivity contribution in [1.82, 2.24) is 4.98 Å². The van der Waals surface area contributed by atoms with E-state index >= 15 is 0 Å². The molecule has 0 saturated heterocycles. The molecular formula is C12H10BrClFNS. The van der Waals surface area contributed by atoms with Gasteiger partial charge in [-0.3, -0.25) is 0 Å². The van der Waals surface area contributed by atoms with Crippen molar-refractivity contribution in [2.75, 3.05) is 5.88 Å². The number of rotatable bonds is 4. The summed E-state index contributed by atoms with van der Waals surface area (Å²) < 4.78 is 13.6. The van der Waals surface area contributed by atoms with E-state index in [1.54, 1.807) is 23.5 Å². The predicted octanol–water partition coefficient (Wildman–Crippen LogP) is 4.88. The van der Waals surface area contributed by atoms with Crippen molar-refractivity contribution < 1.29 is 4.39 Å². The number of nitrogens with zero attached hydrogens (tertiary/aromatic N) is 1. The minimum Gasteiger partial charge on any atom is -0.241 e. The fourth-order valence-corrected chi connectivity index (χ4v) is 2.80. The number of thiazole rings is 1. The van der Waals surface area contributed by atoms with Gasteiger partial charge in [0, 0.05) is 16.8 Å². The fourth-order valence-electron chi connectivity index (χ4n) is 1.43. The van der Waals surface area contributed by atoms with Crippen molar-refractivity contribution in [2.45, 2.75) is 12.8 Å². The smallest absolute Gasteiger partial charge is 0.137 e. The van der Waals surface area contributed by atoms with Gasteiger partial charge in [0.25, 0.3) is 0 Å². The first-order chi connectivity index (χ1) is 8.20. The van der Waals surface area contributed by atoms with Gasteiger partial charge >= 0.3 is 0 Å². The van der Waals surface area contributed by atoms with E-state index in [0.717, 1.165) is 29.1 Å². The van der Waals surface area contributed by atoms with Crippen molar-refractivity contribution in [3.05, 3.63) is 39.6 Å². The highest BCUT2D eigenvalue weighted by molar-refractivity contribution is 9.10. The number of benzene rings is 1. The van der Waals surface area contributed by atoms with Gasteiger partial charge in [-0.15, -0.1) is 22.9 Å². The molecule has 1 nitrogen and oxygen atoms in total. The summed E-state index contributed by atoms with van der Waals surface area (Å²) in [7, 11) is 0. The molecule has 17 heavy (non-hydrogen) atoms. The van der Waals surface area contributed by atoms with E-state index in [2.05, 4.69) is 20.9 Å². The maximum atomic E-state index is 13.1. The molecule has 0 unspecified atom stereocenters. The lowest BCUT2D eigenvalue weighted by Gasteiger charge is -1.98. The molecule has 2 aromatic rings. The Hall–Kier alpha value is -0.450. The summed E-state index contributed by atoms with van der Waals surface area (Å²) in [4.78, 5) is 4.51. The zero-order valence-electron chi connectivity index (χ0n) is 8.92. The first-order valence-corrected chi connectivity index (χ1v) is 7.37. The molecule has 5 heteroatoms. The molecule has 0 saturated carbocycles. The molecule has 0 spiro atoms. The van der Waals surface area contributed by atoms with Gasteiger partial charge in [-0.2, -0.15) is 0 Å². The van der Waals surface area contributed by atoms with Crippen molar-refractivity contribution in [3.8, 4) is 10.6 Å². The highest BCUT2D eigenvalue weighted by Crippen LogP contribution is 2.28. The van der Waals surface area contributed by atoms with E-state index in [4.69, 9.17) is 11.6 Å². The van der Waals surface area contributed by atoms with Crippen LogP contribution >= 0.6 is 38.9 Å². The molecule has 0 amide bonds. The first kappa shape index (κ1) is 13.0. The van der Waals surface area contributed by atoms with Crippen LogP contribution in [0.25, 0.3) is 10.6 Å². The molecule has 0 aliphatic heterocycles. The van der Waals surface area contributed by atoms with Gasteiger partial charge in [0.05, 0.1) is 10.2 Å². The highest BCUT2D eigenvalue weighted by Gasteiger charge is 2.07. The minimum atomic E-state index is -0.257. The molecule has 1 aromatic heterocycles. The standard InChI is InChI=1S/C12H10BrClFNS/c13-10-6-8(3-4-11(10)15)12-16-9(7-17-12)2-1-5-14/h3-4,6-7H,1-2,5H2. The SMILES string of the molecule is Fc1ccc(-c2nc(CCCCl)cs2)cc1Br. The first-order valence-electron chi connectivity index (χ1n) is 5.16. The molecule has 0 aliphatic carbocycles. The topological polar surface area (TPSA) is 12.9 Å². The number of aromatic nitrogens is 1. The van der Waals surface area contributed by atoms with Crippen LogP contribution in [0.4, 0.5) is 4.39 Å². The monoisotopic (exact) mass is 333 g/mol. The Morgan fingerprint density at radius 3 is 2.94 bits per heavy atom. The molecule has 0 fully saturated rings. The van der Waals surface area contributed by atoms with E-state index in [0.29, 0.717) is 10.4 Å². The summed E-state index contributed by atoms with van der Waals surface area (Å²) in [6.45, 7) is 0. The van der Waals surface area contributed by atoms with Crippen molar-refractivity contribution in [1.29, 1.82) is 0 Å². The lowest BCUT2D eigenvalue weighted by Crippen LogP contribution is -1.87. The highest BCUT2D eigenvalue weighted by atomic mass is 79.9. The molecule has 0 N–H and O–H groups in total. The van der Waals surface area contributed by atoms with Gasteiger partial charge in [0.1, 0.15) is 10.8 Å². The molecule has 90 valence electrons. The third-order valence-electron chi connectivity index (χ3n) is 2.28. The van der Waals surface area contributed by atoms with E-state index in [-0.39, 0.29) is 5.82 Å². The Morgan fingerprint density at radius 1 is 1.41 bits per heavy atom. The zero-order valence-corrected chi connectivity index (χ0v) is 12.1. The largest absolute Gasteiger partial charge is 0.241 e. The number of hydrogen-bond acceptors (Lipinski definition) is 2. The van der Waals surface area contributed by atoms with Crippen LogP contribution in [0.1, 0.15) is 12.1 Å². The van der Waals surface area contributed by atoms with E-state index in [1.165, 1.54) is 6.07 Å². The lowest BCUT2D eigenvalue weighted by atomic mass is 10.2. The Kier molecular flexibility index (Phi) is 4.54. The second-order valence-electron chi connectivity index (χ2n) is 3.57. The summed E-state index contributed by atoms with van der Waals surface area (Å²) in [5, 5.41) is 2.94. The number of hydrogen-bond donors (Lipinski definition) is 0. The van der Waals surface area contributed by atoms with Gasteiger partial charge in [-0.25, -0.2) is 9.37 Å². The Morgan fingerprint density at radius 2 is 2.24 bits per heavy atom. The maximum absolute atomic E-state index is 13.1. The molecule has 0 radical (unpaired) electrons. The van der Waals surface area contributed by atoms with Crippen LogP contribution in [0, 0.1) is 5.82 Å². The maximum Gasteiger partial charge on any atom is 0.137 e. The van der Waals surface area contributed by atoms with Crippen LogP contribution in [-0.4, -0.2) is 10.9 Å². The summed E-state index contributed by atoms with van der Waals surface area (Å²) in [5.74, 6) is 0.391. The molecule has 0 atom stereocenters. The van der Waals surface area contributed by atoms with Gasteiger partial charge < -0.3 is 0 Å². The molecule has 2 rings (SSSR count). The summed E-state index contributed by atoms with van der Waals surface area (Å²) >= 11 is 10.4.